The first-order valence-electron chi connectivity index (χ1n) is 9.92. The van der Waals surface area contributed by atoms with Gasteiger partial charge in [-0.15, -0.1) is 0 Å². The van der Waals surface area contributed by atoms with Gasteiger partial charge in [0.25, 0.3) is 0 Å². The van der Waals surface area contributed by atoms with Gasteiger partial charge in [-0.25, -0.2) is 4.98 Å². The summed E-state index contributed by atoms with van der Waals surface area (Å²) in [5, 5.41) is 0. The van der Waals surface area contributed by atoms with E-state index in [0.29, 0.717) is 0 Å². The molecule has 0 spiro atoms. The minimum absolute atomic E-state index is 0.187. The first-order chi connectivity index (χ1) is 13.3. The Morgan fingerprint density at radius 3 is 2.30 bits per heavy atom. The standard InChI is InChI=1S/C21H27N5O/c27-21(26-11-5-2-6-12-26)20(18-7-3-1-4-8-18)25-15-13-24(14-16-25)19-17-22-9-10-23-19/h1,3-4,7-10,17,20H,2,5-6,11-16H2. The minimum atomic E-state index is -0.187. The number of likely N-dealkylation sites (tertiary alicyclic amines) is 1. The van der Waals surface area contributed by atoms with Gasteiger partial charge in [0.1, 0.15) is 11.9 Å². The second kappa shape index (κ2) is 8.48. The van der Waals surface area contributed by atoms with Gasteiger partial charge in [0.05, 0.1) is 6.20 Å². The van der Waals surface area contributed by atoms with Crippen LogP contribution in [0, 0.1) is 0 Å². The summed E-state index contributed by atoms with van der Waals surface area (Å²) in [7, 11) is 0. The van der Waals surface area contributed by atoms with Crippen molar-refractivity contribution in [1.82, 2.24) is 19.8 Å². The summed E-state index contributed by atoms with van der Waals surface area (Å²) in [6.07, 6.45) is 8.71. The topological polar surface area (TPSA) is 52.6 Å². The monoisotopic (exact) mass is 365 g/mol. The molecule has 2 aromatic rings. The number of hydrogen-bond donors (Lipinski definition) is 0. The highest BCUT2D eigenvalue weighted by Crippen LogP contribution is 2.27. The zero-order chi connectivity index (χ0) is 18.5. The smallest absolute Gasteiger partial charge is 0.244 e. The molecule has 0 bridgehead atoms. The number of carbonyl (C=O) groups is 1. The van der Waals surface area contributed by atoms with E-state index in [-0.39, 0.29) is 11.9 Å². The van der Waals surface area contributed by atoms with E-state index in [1.165, 1.54) is 6.42 Å². The molecule has 1 amide bonds. The fraction of sp³-hybridized carbons (Fsp3) is 0.476. The molecule has 1 unspecified atom stereocenters. The number of rotatable bonds is 4. The van der Waals surface area contributed by atoms with Gasteiger partial charge in [0.15, 0.2) is 0 Å². The summed E-state index contributed by atoms with van der Waals surface area (Å²) in [4.78, 5) is 28.6. The van der Waals surface area contributed by atoms with Gasteiger partial charge >= 0.3 is 0 Å². The van der Waals surface area contributed by atoms with Gasteiger partial charge in [-0.3, -0.25) is 14.7 Å². The largest absolute Gasteiger partial charge is 0.353 e. The first-order valence-corrected chi connectivity index (χ1v) is 9.92. The summed E-state index contributed by atoms with van der Waals surface area (Å²) in [5.41, 5.74) is 1.10. The molecular formula is C21H27N5O. The first kappa shape index (κ1) is 17.9. The van der Waals surface area contributed by atoms with E-state index < -0.39 is 0 Å². The fourth-order valence-corrected chi connectivity index (χ4v) is 4.10. The summed E-state index contributed by atoms with van der Waals surface area (Å²) < 4.78 is 0. The molecule has 0 N–H and O–H groups in total. The Morgan fingerprint density at radius 2 is 1.63 bits per heavy atom. The third-order valence-corrected chi connectivity index (χ3v) is 5.57. The molecular weight excluding hydrogens is 338 g/mol. The van der Waals surface area contributed by atoms with Gasteiger partial charge in [0, 0.05) is 51.7 Å². The third-order valence-electron chi connectivity index (χ3n) is 5.57. The highest BCUT2D eigenvalue weighted by atomic mass is 16.2. The van der Waals surface area contributed by atoms with Crippen LogP contribution in [-0.2, 0) is 4.79 Å². The Hall–Kier alpha value is -2.47. The minimum Gasteiger partial charge on any atom is -0.353 e. The maximum Gasteiger partial charge on any atom is 0.244 e. The van der Waals surface area contributed by atoms with Gasteiger partial charge < -0.3 is 9.80 Å². The van der Waals surface area contributed by atoms with Crippen LogP contribution in [0.3, 0.4) is 0 Å². The maximum atomic E-state index is 13.4. The number of carbonyl (C=O) groups excluding carboxylic acids is 1. The Bertz CT molecular complexity index is 725. The van der Waals surface area contributed by atoms with Crippen molar-refractivity contribution in [2.45, 2.75) is 25.3 Å². The number of piperazine rings is 1. The molecule has 4 rings (SSSR count). The van der Waals surface area contributed by atoms with Crippen molar-refractivity contribution in [3.8, 4) is 0 Å². The zero-order valence-corrected chi connectivity index (χ0v) is 15.7. The van der Waals surface area contributed by atoms with Crippen molar-refractivity contribution in [1.29, 1.82) is 0 Å². The van der Waals surface area contributed by atoms with Crippen molar-refractivity contribution < 1.29 is 4.79 Å². The van der Waals surface area contributed by atoms with Crippen LogP contribution in [0.5, 0.6) is 0 Å². The SMILES string of the molecule is O=C(C(c1ccccc1)N1CCN(c2cnccn2)CC1)N1CCCCC1. The summed E-state index contributed by atoms with van der Waals surface area (Å²) in [6.45, 7) is 5.18. The number of anilines is 1. The van der Waals surface area contributed by atoms with Gasteiger partial charge in [-0.2, -0.15) is 0 Å². The molecule has 27 heavy (non-hydrogen) atoms. The lowest BCUT2D eigenvalue weighted by molar-refractivity contribution is -0.138. The van der Waals surface area contributed by atoms with Crippen LogP contribution >= 0.6 is 0 Å². The van der Waals surface area contributed by atoms with Crippen LogP contribution in [0.25, 0.3) is 0 Å². The van der Waals surface area contributed by atoms with Crippen molar-refractivity contribution in [3.05, 3.63) is 54.5 Å². The lowest BCUT2D eigenvalue weighted by Crippen LogP contribution is -2.52. The van der Waals surface area contributed by atoms with Crippen molar-refractivity contribution in [2.75, 3.05) is 44.2 Å². The number of aromatic nitrogens is 2. The van der Waals surface area contributed by atoms with Crippen molar-refractivity contribution in [2.24, 2.45) is 0 Å². The molecule has 0 aliphatic carbocycles. The molecule has 1 aromatic carbocycles. The third kappa shape index (κ3) is 4.11. The molecule has 142 valence electrons. The quantitative estimate of drug-likeness (QED) is 0.833. The lowest BCUT2D eigenvalue weighted by Gasteiger charge is -2.41. The highest BCUT2D eigenvalue weighted by molar-refractivity contribution is 5.83. The molecule has 2 aliphatic heterocycles. The van der Waals surface area contributed by atoms with Crippen molar-refractivity contribution in [3.63, 3.8) is 0 Å². The lowest BCUT2D eigenvalue weighted by atomic mass is 10.0. The molecule has 2 aliphatic rings. The molecule has 1 atom stereocenters. The molecule has 6 nitrogen and oxygen atoms in total. The van der Waals surface area contributed by atoms with Crippen molar-refractivity contribution >= 4 is 11.7 Å². The van der Waals surface area contributed by atoms with E-state index in [0.717, 1.165) is 63.5 Å². The fourth-order valence-electron chi connectivity index (χ4n) is 4.10. The number of benzene rings is 1. The second-order valence-corrected chi connectivity index (χ2v) is 7.29. The van der Waals surface area contributed by atoms with E-state index in [1.807, 2.05) is 24.4 Å². The van der Waals surface area contributed by atoms with E-state index in [2.05, 4.69) is 36.8 Å². The van der Waals surface area contributed by atoms with Gasteiger partial charge in [0.2, 0.25) is 5.91 Å². The second-order valence-electron chi connectivity index (χ2n) is 7.29. The number of piperidine rings is 1. The number of hydrogen-bond acceptors (Lipinski definition) is 5. The van der Waals surface area contributed by atoms with E-state index in [1.54, 1.807) is 12.4 Å². The van der Waals surface area contributed by atoms with E-state index in [4.69, 9.17) is 0 Å². The van der Waals surface area contributed by atoms with Crippen LogP contribution < -0.4 is 4.90 Å². The van der Waals surface area contributed by atoms with E-state index >= 15 is 0 Å². The average Bonchev–Trinajstić information content (AvgIpc) is 2.76. The van der Waals surface area contributed by atoms with E-state index in [9.17, 15) is 4.79 Å². The number of amides is 1. The Kier molecular flexibility index (Phi) is 5.63. The van der Waals surface area contributed by atoms with Crippen LogP contribution in [0.15, 0.2) is 48.9 Å². The van der Waals surface area contributed by atoms with Gasteiger partial charge in [-0.1, -0.05) is 30.3 Å². The Morgan fingerprint density at radius 1 is 0.889 bits per heavy atom. The molecule has 3 heterocycles. The predicted molar refractivity (Wildman–Crippen MR) is 105 cm³/mol. The zero-order valence-electron chi connectivity index (χ0n) is 15.7. The summed E-state index contributed by atoms with van der Waals surface area (Å²) >= 11 is 0. The van der Waals surface area contributed by atoms with Gasteiger partial charge in [-0.05, 0) is 24.8 Å². The molecule has 2 saturated heterocycles. The Balaban J connectivity index is 1.50. The molecule has 1 aromatic heterocycles. The van der Waals surface area contributed by atoms with Crippen LogP contribution in [0.1, 0.15) is 30.9 Å². The molecule has 0 saturated carbocycles. The maximum absolute atomic E-state index is 13.4. The normalized spacial score (nSPS) is 19.7. The highest BCUT2D eigenvalue weighted by Gasteiger charge is 2.33. The summed E-state index contributed by atoms with van der Waals surface area (Å²) in [6, 6.07) is 10.1. The van der Waals surface area contributed by atoms with Crippen LogP contribution in [0.4, 0.5) is 5.82 Å². The predicted octanol–water partition coefficient (Wildman–Crippen LogP) is 2.35. The summed E-state index contributed by atoms with van der Waals surface area (Å²) in [5.74, 6) is 1.17. The Labute approximate surface area is 160 Å². The molecule has 0 radical (unpaired) electrons. The number of nitrogens with zero attached hydrogens (tertiary/aromatic N) is 5. The average molecular weight is 365 g/mol. The van der Waals surface area contributed by atoms with Crippen LogP contribution in [0.2, 0.25) is 0 Å². The van der Waals surface area contributed by atoms with Crippen LogP contribution in [-0.4, -0.2) is 64.9 Å². The molecule has 6 heteroatoms. The molecule has 2 fully saturated rings.